The van der Waals surface area contributed by atoms with Crippen LogP contribution in [0.4, 0.5) is 5.69 Å². The van der Waals surface area contributed by atoms with Crippen LogP contribution >= 0.6 is 0 Å². The molecule has 0 aliphatic rings. The molecule has 158 valence electrons. The molecule has 3 aromatic carbocycles. The molecule has 1 aromatic heterocycles. The molecule has 1 heterocycles. The van der Waals surface area contributed by atoms with E-state index in [1.807, 2.05) is 6.07 Å². The predicted molar refractivity (Wildman–Crippen MR) is 118 cm³/mol. The van der Waals surface area contributed by atoms with E-state index in [2.05, 4.69) is 10.0 Å². The van der Waals surface area contributed by atoms with E-state index in [1.54, 1.807) is 67.8 Å². The van der Waals surface area contributed by atoms with Crippen molar-refractivity contribution in [2.24, 2.45) is 0 Å². The van der Waals surface area contributed by atoms with Crippen LogP contribution in [0.2, 0.25) is 0 Å². The van der Waals surface area contributed by atoms with Crippen molar-refractivity contribution >= 4 is 32.4 Å². The molecule has 0 spiro atoms. The fourth-order valence-electron chi connectivity index (χ4n) is 3.15. The van der Waals surface area contributed by atoms with Gasteiger partial charge in [0.2, 0.25) is 0 Å². The summed E-state index contributed by atoms with van der Waals surface area (Å²) in [4.78, 5) is 12.7. The van der Waals surface area contributed by atoms with E-state index in [0.717, 1.165) is 10.8 Å². The van der Waals surface area contributed by atoms with Crippen molar-refractivity contribution in [1.29, 1.82) is 0 Å². The number of rotatable bonds is 7. The molecule has 0 saturated carbocycles. The normalized spacial score (nSPS) is 11.3. The van der Waals surface area contributed by atoms with Crippen LogP contribution < -0.4 is 14.8 Å². The molecule has 8 heteroatoms. The fourth-order valence-corrected chi connectivity index (χ4v) is 4.26. The molecule has 4 rings (SSSR count). The van der Waals surface area contributed by atoms with Crippen molar-refractivity contribution in [2.45, 2.75) is 11.4 Å². The van der Waals surface area contributed by atoms with Gasteiger partial charge in [0.1, 0.15) is 11.5 Å². The zero-order chi connectivity index (χ0) is 21.8. The van der Waals surface area contributed by atoms with Gasteiger partial charge in [0.15, 0.2) is 0 Å². The standard InChI is InChI=1S/C23H20N2O5S/c1-29-18-10-8-17-14-20(11-9-16(17)13-18)31(27,28)25-22-7-3-2-6-21(22)23(26)24-15-19-5-4-12-30-19/h2-14,25H,15H2,1H3,(H,24,26). The SMILES string of the molecule is COc1ccc2cc(S(=O)(=O)Nc3ccccc3C(=O)NCc3ccco3)ccc2c1. The molecule has 31 heavy (non-hydrogen) atoms. The van der Waals surface area contributed by atoms with Gasteiger partial charge in [-0.25, -0.2) is 8.42 Å². The van der Waals surface area contributed by atoms with Crippen LogP contribution in [-0.4, -0.2) is 21.4 Å². The van der Waals surface area contributed by atoms with Crippen LogP contribution in [0.1, 0.15) is 16.1 Å². The van der Waals surface area contributed by atoms with E-state index in [-0.39, 0.29) is 22.7 Å². The summed E-state index contributed by atoms with van der Waals surface area (Å²) in [5.74, 6) is 0.871. The Kier molecular flexibility index (Phi) is 5.64. The lowest BCUT2D eigenvalue weighted by atomic mass is 10.1. The monoisotopic (exact) mass is 436 g/mol. The first kappa shape index (κ1) is 20.5. The van der Waals surface area contributed by atoms with Crippen LogP contribution in [0.15, 0.2) is 88.4 Å². The Hall–Kier alpha value is -3.78. The Balaban J connectivity index is 1.58. The third-order valence-corrected chi connectivity index (χ3v) is 6.11. The molecule has 4 aromatic rings. The molecule has 0 fully saturated rings. The summed E-state index contributed by atoms with van der Waals surface area (Å²) in [6.45, 7) is 0.195. The highest BCUT2D eigenvalue weighted by Crippen LogP contribution is 2.26. The lowest BCUT2D eigenvalue weighted by Gasteiger charge is -2.13. The van der Waals surface area contributed by atoms with Gasteiger partial charge in [-0.1, -0.05) is 24.3 Å². The Morgan fingerprint density at radius 3 is 2.52 bits per heavy atom. The first-order valence-corrected chi connectivity index (χ1v) is 10.9. The molecular weight excluding hydrogens is 416 g/mol. The van der Waals surface area contributed by atoms with Gasteiger partial charge in [-0.15, -0.1) is 0 Å². The van der Waals surface area contributed by atoms with Crippen LogP contribution in [0.3, 0.4) is 0 Å². The maximum atomic E-state index is 13.0. The first-order chi connectivity index (χ1) is 15.0. The number of furan rings is 1. The minimum absolute atomic E-state index is 0.0935. The van der Waals surface area contributed by atoms with Crippen LogP contribution in [0, 0.1) is 0 Å². The molecule has 7 nitrogen and oxygen atoms in total. The molecule has 0 atom stereocenters. The largest absolute Gasteiger partial charge is 0.497 e. The number of nitrogens with one attached hydrogen (secondary N) is 2. The van der Waals surface area contributed by atoms with Gasteiger partial charge in [-0.05, 0) is 59.3 Å². The summed E-state index contributed by atoms with van der Waals surface area (Å²) in [6.07, 6.45) is 1.52. The highest BCUT2D eigenvalue weighted by molar-refractivity contribution is 7.92. The lowest BCUT2D eigenvalue weighted by molar-refractivity contribution is 0.0949. The molecule has 0 radical (unpaired) electrons. The Labute approximate surface area is 179 Å². The van der Waals surface area contributed by atoms with Crippen molar-refractivity contribution in [1.82, 2.24) is 5.32 Å². The van der Waals surface area contributed by atoms with E-state index in [9.17, 15) is 13.2 Å². The molecule has 1 amide bonds. The van der Waals surface area contributed by atoms with Crippen LogP contribution in [-0.2, 0) is 16.6 Å². The summed E-state index contributed by atoms with van der Waals surface area (Å²) >= 11 is 0. The van der Waals surface area contributed by atoms with E-state index < -0.39 is 15.9 Å². The van der Waals surface area contributed by atoms with Gasteiger partial charge >= 0.3 is 0 Å². The summed E-state index contributed by atoms with van der Waals surface area (Å²) < 4.78 is 38.9. The topological polar surface area (TPSA) is 97.6 Å². The number of para-hydroxylation sites is 1. The number of amides is 1. The highest BCUT2D eigenvalue weighted by atomic mass is 32.2. The number of hydrogen-bond donors (Lipinski definition) is 2. The number of methoxy groups -OCH3 is 1. The van der Waals surface area contributed by atoms with E-state index >= 15 is 0 Å². The van der Waals surface area contributed by atoms with E-state index in [0.29, 0.717) is 11.5 Å². The van der Waals surface area contributed by atoms with Gasteiger partial charge in [-0.3, -0.25) is 9.52 Å². The molecule has 0 aliphatic carbocycles. The molecule has 0 aliphatic heterocycles. The Morgan fingerprint density at radius 1 is 0.968 bits per heavy atom. The highest BCUT2D eigenvalue weighted by Gasteiger charge is 2.19. The molecule has 0 unspecified atom stereocenters. The zero-order valence-corrected chi connectivity index (χ0v) is 17.5. The minimum atomic E-state index is -3.91. The summed E-state index contributed by atoms with van der Waals surface area (Å²) in [7, 11) is -2.34. The van der Waals surface area contributed by atoms with Gasteiger partial charge in [0.25, 0.3) is 15.9 Å². The summed E-state index contributed by atoms with van der Waals surface area (Å²) in [5, 5.41) is 4.34. The molecule has 0 saturated heterocycles. The summed E-state index contributed by atoms with van der Waals surface area (Å²) in [5.41, 5.74) is 0.400. The van der Waals surface area contributed by atoms with E-state index in [1.165, 1.54) is 12.3 Å². The third-order valence-electron chi connectivity index (χ3n) is 4.75. The van der Waals surface area contributed by atoms with Crippen molar-refractivity contribution < 1.29 is 22.4 Å². The lowest BCUT2D eigenvalue weighted by Crippen LogP contribution is -2.24. The fraction of sp³-hybridized carbons (Fsp3) is 0.0870. The zero-order valence-electron chi connectivity index (χ0n) is 16.7. The number of fused-ring (bicyclic) bond motifs is 1. The summed E-state index contributed by atoms with van der Waals surface area (Å²) in [6, 6.07) is 20.1. The number of benzene rings is 3. The van der Waals surface area contributed by atoms with Gasteiger partial charge < -0.3 is 14.5 Å². The predicted octanol–water partition coefficient (Wildman–Crippen LogP) is 4.17. The second-order valence-electron chi connectivity index (χ2n) is 6.79. The third kappa shape index (κ3) is 4.54. The number of anilines is 1. The van der Waals surface area contributed by atoms with Crippen molar-refractivity contribution in [3.8, 4) is 5.75 Å². The van der Waals surface area contributed by atoms with Gasteiger partial charge in [-0.2, -0.15) is 0 Å². The Bertz CT molecular complexity index is 1330. The number of sulfonamides is 1. The minimum Gasteiger partial charge on any atom is -0.497 e. The number of hydrogen-bond acceptors (Lipinski definition) is 5. The molecular formula is C23H20N2O5S. The van der Waals surface area contributed by atoms with Crippen LogP contribution in [0.25, 0.3) is 10.8 Å². The maximum Gasteiger partial charge on any atom is 0.261 e. The van der Waals surface area contributed by atoms with Crippen molar-refractivity contribution in [2.75, 3.05) is 11.8 Å². The second-order valence-corrected chi connectivity index (χ2v) is 8.47. The number of ether oxygens (including phenoxy) is 1. The maximum absolute atomic E-state index is 13.0. The van der Waals surface area contributed by atoms with Gasteiger partial charge in [0, 0.05) is 0 Å². The van der Waals surface area contributed by atoms with Crippen molar-refractivity contribution in [3.05, 3.63) is 90.4 Å². The smallest absolute Gasteiger partial charge is 0.261 e. The van der Waals surface area contributed by atoms with Crippen LogP contribution in [0.5, 0.6) is 5.75 Å². The quantitative estimate of drug-likeness (QED) is 0.453. The first-order valence-electron chi connectivity index (χ1n) is 9.46. The molecule has 0 bridgehead atoms. The second kappa shape index (κ2) is 8.53. The average molecular weight is 436 g/mol. The molecule has 2 N–H and O–H groups in total. The Morgan fingerprint density at radius 2 is 1.74 bits per heavy atom. The van der Waals surface area contributed by atoms with E-state index in [4.69, 9.17) is 9.15 Å². The number of carbonyl (C=O) groups is 1. The number of carbonyl (C=O) groups excluding carboxylic acids is 1. The average Bonchev–Trinajstić information content (AvgIpc) is 3.30. The van der Waals surface area contributed by atoms with Gasteiger partial charge in [0.05, 0.1) is 36.1 Å². The van der Waals surface area contributed by atoms with Crippen molar-refractivity contribution in [3.63, 3.8) is 0 Å².